The largest absolute Gasteiger partial charge is 0.495 e. The lowest BCUT2D eigenvalue weighted by Crippen LogP contribution is -2.40. The van der Waals surface area contributed by atoms with Crippen molar-refractivity contribution < 1.29 is 27.5 Å². The van der Waals surface area contributed by atoms with Crippen molar-refractivity contribution >= 4 is 27.5 Å². The topological polar surface area (TPSA) is 114 Å². The van der Waals surface area contributed by atoms with Crippen LogP contribution in [0, 0.1) is 0 Å². The van der Waals surface area contributed by atoms with Crippen LogP contribution in [-0.2, 0) is 14.8 Å². The highest BCUT2D eigenvalue weighted by atomic mass is 32.2. The summed E-state index contributed by atoms with van der Waals surface area (Å²) >= 11 is 0. The van der Waals surface area contributed by atoms with E-state index in [0.717, 1.165) is 0 Å². The van der Waals surface area contributed by atoms with Crippen LogP contribution in [0.2, 0.25) is 0 Å². The number of hydrogen-bond donors (Lipinski definition) is 2. The number of carbonyl (C=O) groups excluding carboxylic acids is 2. The van der Waals surface area contributed by atoms with Crippen molar-refractivity contribution in [3.8, 4) is 5.75 Å². The quantitative estimate of drug-likeness (QED) is 0.653. The molecule has 2 aromatic rings. The number of sulfonamides is 1. The third kappa shape index (κ3) is 5.64. The molecule has 32 heavy (non-hydrogen) atoms. The molecule has 1 aliphatic rings. The molecule has 0 radical (unpaired) electrons. The molecule has 0 atom stereocenters. The molecule has 0 aromatic heterocycles. The summed E-state index contributed by atoms with van der Waals surface area (Å²) in [6, 6.07) is 10.5. The van der Waals surface area contributed by atoms with Crippen molar-refractivity contribution in [1.29, 1.82) is 0 Å². The highest BCUT2D eigenvalue weighted by Gasteiger charge is 2.23. The molecule has 172 valence electrons. The van der Waals surface area contributed by atoms with E-state index in [1.807, 2.05) is 0 Å². The van der Waals surface area contributed by atoms with Gasteiger partial charge in [-0.15, -0.1) is 0 Å². The molecule has 0 unspecified atom stereocenters. The fourth-order valence-corrected chi connectivity index (χ4v) is 4.73. The van der Waals surface area contributed by atoms with Crippen LogP contribution in [0.4, 0.5) is 5.69 Å². The number of carbonyl (C=O) groups is 2. The van der Waals surface area contributed by atoms with Crippen LogP contribution in [0.1, 0.15) is 34.6 Å². The van der Waals surface area contributed by atoms with Gasteiger partial charge in [-0.1, -0.05) is 6.07 Å². The minimum Gasteiger partial charge on any atom is -0.495 e. The molecular formula is C22H27N3O6S. The zero-order chi connectivity index (χ0) is 23.3. The lowest BCUT2D eigenvalue weighted by atomic mass is 10.1. The first-order valence-corrected chi connectivity index (χ1v) is 11.7. The van der Waals surface area contributed by atoms with Gasteiger partial charge in [0, 0.05) is 35.9 Å². The summed E-state index contributed by atoms with van der Waals surface area (Å²) in [5.41, 5.74) is 1.01. The zero-order valence-electron chi connectivity index (χ0n) is 18.3. The van der Waals surface area contributed by atoms with Gasteiger partial charge in [-0.2, -0.15) is 0 Å². The second kappa shape index (κ2) is 10.1. The third-order valence-electron chi connectivity index (χ3n) is 4.77. The Morgan fingerprint density at radius 3 is 2.44 bits per heavy atom. The van der Waals surface area contributed by atoms with Crippen molar-refractivity contribution in [2.24, 2.45) is 0 Å². The number of benzene rings is 2. The average molecular weight is 462 g/mol. The smallest absolute Gasteiger partial charge is 0.255 e. The van der Waals surface area contributed by atoms with Crippen molar-refractivity contribution in [1.82, 2.24) is 9.62 Å². The molecule has 0 aliphatic carbocycles. The second-order valence-electron chi connectivity index (χ2n) is 7.58. The Hall–Kier alpha value is -2.95. The Kier molecular flexibility index (Phi) is 7.49. The van der Waals surface area contributed by atoms with Crippen molar-refractivity contribution in [2.75, 3.05) is 38.7 Å². The third-order valence-corrected chi connectivity index (χ3v) is 6.45. The normalized spacial score (nSPS) is 14.3. The Labute approximate surface area is 187 Å². The van der Waals surface area contributed by atoms with Gasteiger partial charge in [0.1, 0.15) is 10.6 Å². The van der Waals surface area contributed by atoms with E-state index in [1.165, 1.54) is 25.3 Å². The number of amides is 2. The summed E-state index contributed by atoms with van der Waals surface area (Å²) < 4.78 is 38.2. The minimum absolute atomic E-state index is 0.127. The lowest BCUT2D eigenvalue weighted by Gasteiger charge is -2.27. The van der Waals surface area contributed by atoms with E-state index in [1.54, 1.807) is 43.0 Å². The van der Waals surface area contributed by atoms with E-state index in [0.29, 0.717) is 37.6 Å². The van der Waals surface area contributed by atoms with Gasteiger partial charge in [0.2, 0.25) is 10.0 Å². The molecule has 1 aliphatic heterocycles. The first-order chi connectivity index (χ1) is 15.2. The number of hydrogen-bond acceptors (Lipinski definition) is 6. The molecule has 0 saturated carbocycles. The van der Waals surface area contributed by atoms with Crippen LogP contribution in [0.5, 0.6) is 5.75 Å². The number of anilines is 1. The van der Waals surface area contributed by atoms with Gasteiger partial charge in [0.25, 0.3) is 11.8 Å². The Morgan fingerprint density at radius 1 is 1.06 bits per heavy atom. The molecule has 1 saturated heterocycles. The number of ether oxygens (including phenoxy) is 2. The molecule has 0 bridgehead atoms. The fourth-order valence-electron chi connectivity index (χ4n) is 3.28. The van der Waals surface area contributed by atoms with Gasteiger partial charge in [-0.25, -0.2) is 13.1 Å². The monoisotopic (exact) mass is 461 g/mol. The van der Waals surface area contributed by atoms with Crippen LogP contribution in [0.3, 0.4) is 0 Å². The summed E-state index contributed by atoms with van der Waals surface area (Å²) in [5, 5.41) is 2.72. The number of methoxy groups -OCH3 is 1. The van der Waals surface area contributed by atoms with E-state index in [-0.39, 0.29) is 28.2 Å². The average Bonchev–Trinajstić information content (AvgIpc) is 2.78. The molecule has 2 aromatic carbocycles. The Morgan fingerprint density at radius 2 is 1.78 bits per heavy atom. The predicted molar refractivity (Wildman–Crippen MR) is 120 cm³/mol. The maximum Gasteiger partial charge on any atom is 0.255 e. The molecule has 10 heteroatoms. The van der Waals surface area contributed by atoms with Crippen LogP contribution in [0.25, 0.3) is 0 Å². The number of nitrogens with one attached hydrogen (secondary N) is 2. The summed E-state index contributed by atoms with van der Waals surface area (Å²) in [6.07, 6.45) is 0. The molecule has 0 spiro atoms. The fraction of sp³-hybridized carbons (Fsp3) is 0.364. The van der Waals surface area contributed by atoms with Gasteiger partial charge in [-0.05, 0) is 50.2 Å². The second-order valence-corrected chi connectivity index (χ2v) is 9.26. The van der Waals surface area contributed by atoms with Crippen molar-refractivity contribution in [3.05, 3.63) is 53.6 Å². The maximum absolute atomic E-state index is 12.8. The van der Waals surface area contributed by atoms with E-state index in [4.69, 9.17) is 9.47 Å². The summed E-state index contributed by atoms with van der Waals surface area (Å²) in [4.78, 5) is 27.1. The zero-order valence-corrected chi connectivity index (χ0v) is 19.1. The van der Waals surface area contributed by atoms with Gasteiger partial charge < -0.3 is 19.7 Å². The van der Waals surface area contributed by atoms with Crippen LogP contribution in [-0.4, -0.2) is 64.6 Å². The van der Waals surface area contributed by atoms with E-state index >= 15 is 0 Å². The van der Waals surface area contributed by atoms with E-state index < -0.39 is 15.9 Å². The van der Waals surface area contributed by atoms with E-state index in [2.05, 4.69) is 10.0 Å². The summed E-state index contributed by atoms with van der Waals surface area (Å²) in [5.74, 6) is -0.514. The van der Waals surface area contributed by atoms with Gasteiger partial charge in [0.15, 0.2) is 0 Å². The van der Waals surface area contributed by atoms with Gasteiger partial charge >= 0.3 is 0 Å². The number of rotatable bonds is 7. The highest BCUT2D eigenvalue weighted by molar-refractivity contribution is 7.89. The molecule has 3 rings (SSSR count). The van der Waals surface area contributed by atoms with Crippen LogP contribution in [0.15, 0.2) is 47.4 Å². The SMILES string of the molecule is COc1ccc(C(=O)Nc2cccc(C(=O)N3CCOCC3)c2)cc1S(=O)(=O)NC(C)C. The first-order valence-electron chi connectivity index (χ1n) is 10.2. The summed E-state index contributed by atoms with van der Waals surface area (Å²) in [6.45, 7) is 5.43. The van der Waals surface area contributed by atoms with Crippen LogP contribution >= 0.6 is 0 Å². The summed E-state index contributed by atoms with van der Waals surface area (Å²) in [7, 11) is -2.52. The minimum atomic E-state index is -3.88. The highest BCUT2D eigenvalue weighted by Crippen LogP contribution is 2.26. The van der Waals surface area contributed by atoms with Gasteiger partial charge in [0.05, 0.1) is 20.3 Å². The molecule has 9 nitrogen and oxygen atoms in total. The van der Waals surface area contributed by atoms with Crippen molar-refractivity contribution in [2.45, 2.75) is 24.8 Å². The Bertz CT molecular complexity index is 1090. The molecule has 1 fully saturated rings. The van der Waals surface area contributed by atoms with E-state index in [9.17, 15) is 18.0 Å². The lowest BCUT2D eigenvalue weighted by molar-refractivity contribution is 0.0303. The number of morpholine rings is 1. The first kappa shape index (κ1) is 23.7. The van der Waals surface area contributed by atoms with Crippen molar-refractivity contribution in [3.63, 3.8) is 0 Å². The molecule has 2 N–H and O–H groups in total. The molecule has 1 heterocycles. The van der Waals surface area contributed by atoms with Crippen LogP contribution < -0.4 is 14.8 Å². The Balaban J connectivity index is 1.81. The molecule has 2 amide bonds. The standard InChI is InChI=1S/C22H27N3O6S/c1-15(2)24-32(28,29)20-14-16(7-8-19(20)30-3)21(26)23-18-6-4-5-17(13-18)22(27)25-9-11-31-12-10-25/h4-8,13-15,24H,9-12H2,1-3H3,(H,23,26). The van der Waals surface area contributed by atoms with Gasteiger partial charge in [-0.3, -0.25) is 9.59 Å². The maximum atomic E-state index is 12.8. The molecular weight excluding hydrogens is 434 g/mol. The predicted octanol–water partition coefficient (Wildman–Crippen LogP) is 2.11. The number of nitrogens with zero attached hydrogens (tertiary/aromatic N) is 1.